The van der Waals surface area contributed by atoms with Crippen LogP contribution in [0.5, 0.6) is 0 Å². The van der Waals surface area contributed by atoms with E-state index in [4.69, 9.17) is 19.0 Å². The van der Waals surface area contributed by atoms with Gasteiger partial charge in [-0.2, -0.15) is 0 Å². The van der Waals surface area contributed by atoms with Gasteiger partial charge in [0, 0.05) is 11.6 Å². The van der Waals surface area contributed by atoms with E-state index in [1.54, 1.807) is 6.07 Å². The highest BCUT2D eigenvalue weighted by atomic mass is 31.2. The van der Waals surface area contributed by atoms with Crippen LogP contribution in [0, 0.1) is 0 Å². The molecule has 0 bridgehead atoms. The van der Waals surface area contributed by atoms with Crippen molar-refractivity contribution in [1.82, 2.24) is 5.16 Å². The Bertz CT molecular complexity index is 729. The Balaban J connectivity index is 1.58. The van der Waals surface area contributed by atoms with E-state index in [0.717, 1.165) is 12.0 Å². The first-order chi connectivity index (χ1) is 12.4. The second-order valence-electron chi connectivity index (χ2n) is 5.44. The van der Waals surface area contributed by atoms with E-state index in [1.807, 2.05) is 30.3 Å². The summed E-state index contributed by atoms with van der Waals surface area (Å²) in [5, 5.41) is 6.25. The summed E-state index contributed by atoms with van der Waals surface area (Å²) in [6.45, 7) is 0.232. The number of phosphoric acid groups is 1. The minimum atomic E-state index is -4.38. The van der Waals surface area contributed by atoms with Gasteiger partial charge in [-0.15, -0.1) is 0 Å². The third kappa shape index (κ3) is 7.79. The Morgan fingerprint density at radius 3 is 2.50 bits per heavy atom. The summed E-state index contributed by atoms with van der Waals surface area (Å²) in [7, 11) is -4.38. The highest BCUT2D eigenvalue weighted by Gasteiger charge is 2.12. The lowest BCUT2D eigenvalue weighted by atomic mass is 10.2. The van der Waals surface area contributed by atoms with Crippen LogP contribution in [-0.2, 0) is 13.8 Å². The van der Waals surface area contributed by atoms with Crippen molar-refractivity contribution in [3.8, 4) is 11.3 Å². The third-order valence-electron chi connectivity index (χ3n) is 3.33. The van der Waals surface area contributed by atoms with E-state index in [-0.39, 0.29) is 19.0 Å². The Labute approximate surface area is 150 Å². The number of amides is 1. The molecule has 0 aliphatic carbocycles. The zero-order valence-electron chi connectivity index (χ0n) is 14.0. The molecule has 1 aromatic heterocycles. The molecule has 10 heteroatoms. The summed E-state index contributed by atoms with van der Waals surface area (Å²) >= 11 is 0. The van der Waals surface area contributed by atoms with Crippen molar-refractivity contribution >= 4 is 19.7 Å². The highest BCUT2D eigenvalue weighted by Crippen LogP contribution is 2.35. The van der Waals surface area contributed by atoms with Crippen LogP contribution in [0.15, 0.2) is 40.9 Å². The molecule has 0 aliphatic heterocycles. The van der Waals surface area contributed by atoms with Crippen molar-refractivity contribution in [2.45, 2.75) is 25.7 Å². The van der Waals surface area contributed by atoms with Crippen molar-refractivity contribution in [2.24, 2.45) is 0 Å². The van der Waals surface area contributed by atoms with Crippen LogP contribution in [-0.4, -0.2) is 34.3 Å². The normalized spacial score (nSPS) is 11.3. The zero-order chi connectivity index (χ0) is 18.8. The fourth-order valence-electron chi connectivity index (χ4n) is 2.12. The standard InChI is InChI=1S/C16H21N2O7P/c19-16(23-10-6-1-2-7-11-24-26(20,21)22)17-15-12-14(25-18-15)13-8-4-3-5-9-13/h3-5,8-9,12H,1-2,6-7,10-11H2,(H,17,18,19)(H2,20,21,22). The first-order valence-electron chi connectivity index (χ1n) is 8.10. The van der Waals surface area contributed by atoms with Crippen LogP contribution in [0.25, 0.3) is 11.3 Å². The molecule has 0 saturated heterocycles. The molecule has 2 aromatic rings. The van der Waals surface area contributed by atoms with Crippen LogP contribution in [0.3, 0.4) is 0 Å². The first kappa shape index (κ1) is 20.1. The van der Waals surface area contributed by atoms with Gasteiger partial charge in [0.1, 0.15) is 0 Å². The molecule has 9 nitrogen and oxygen atoms in total. The van der Waals surface area contributed by atoms with E-state index in [0.29, 0.717) is 25.0 Å². The van der Waals surface area contributed by atoms with E-state index >= 15 is 0 Å². The second kappa shape index (κ2) is 10.1. The molecule has 0 spiro atoms. The van der Waals surface area contributed by atoms with E-state index < -0.39 is 13.9 Å². The van der Waals surface area contributed by atoms with Crippen molar-refractivity contribution < 1.29 is 32.9 Å². The quantitative estimate of drug-likeness (QED) is 0.419. The summed E-state index contributed by atoms with van der Waals surface area (Å²) in [5.74, 6) is 0.807. The fourth-order valence-corrected chi connectivity index (χ4v) is 2.49. The van der Waals surface area contributed by atoms with Crippen molar-refractivity contribution in [3.63, 3.8) is 0 Å². The van der Waals surface area contributed by atoms with Crippen LogP contribution in [0.1, 0.15) is 25.7 Å². The van der Waals surface area contributed by atoms with Crippen LogP contribution < -0.4 is 5.32 Å². The van der Waals surface area contributed by atoms with Gasteiger partial charge in [0.2, 0.25) is 0 Å². The van der Waals surface area contributed by atoms with E-state index in [9.17, 15) is 9.36 Å². The van der Waals surface area contributed by atoms with Gasteiger partial charge in [0.15, 0.2) is 11.6 Å². The lowest BCUT2D eigenvalue weighted by molar-refractivity contribution is 0.157. The number of hydrogen-bond donors (Lipinski definition) is 3. The maximum atomic E-state index is 11.7. The average molecular weight is 384 g/mol. The fraction of sp³-hybridized carbons (Fsp3) is 0.375. The summed E-state index contributed by atoms with van der Waals surface area (Å²) in [6.07, 6.45) is 2.01. The SMILES string of the molecule is O=C(Nc1cc(-c2ccccc2)on1)OCCCCCCOP(=O)(O)O. The molecule has 0 aliphatic rings. The Hall–Kier alpha value is -2.19. The Kier molecular flexibility index (Phi) is 7.80. The van der Waals surface area contributed by atoms with Gasteiger partial charge >= 0.3 is 13.9 Å². The van der Waals surface area contributed by atoms with Gasteiger partial charge < -0.3 is 19.0 Å². The average Bonchev–Trinajstić information content (AvgIpc) is 3.05. The van der Waals surface area contributed by atoms with Gasteiger partial charge in [0.25, 0.3) is 0 Å². The van der Waals surface area contributed by atoms with Gasteiger partial charge in [-0.3, -0.25) is 9.84 Å². The Morgan fingerprint density at radius 1 is 1.12 bits per heavy atom. The largest absolute Gasteiger partial charge is 0.469 e. The molecule has 3 N–H and O–H groups in total. The molecular weight excluding hydrogens is 363 g/mol. The number of rotatable bonds is 10. The second-order valence-corrected chi connectivity index (χ2v) is 6.68. The number of carbonyl (C=O) groups is 1. The van der Waals surface area contributed by atoms with Gasteiger partial charge in [-0.25, -0.2) is 9.36 Å². The van der Waals surface area contributed by atoms with Crippen LogP contribution in [0.4, 0.5) is 10.6 Å². The van der Waals surface area contributed by atoms with Crippen LogP contribution in [0.2, 0.25) is 0 Å². The highest BCUT2D eigenvalue weighted by molar-refractivity contribution is 7.46. The number of hydrogen-bond acceptors (Lipinski definition) is 6. The van der Waals surface area contributed by atoms with Crippen molar-refractivity contribution in [2.75, 3.05) is 18.5 Å². The summed E-state index contributed by atoms with van der Waals surface area (Å²) in [5.41, 5.74) is 0.851. The third-order valence-corrected chi connectivity index (χ3v) is 3.85. The van der Waals surface area contributed by atoms with Gasteiger partial charge in [-0.1, -0.05) is 41.9 Å². The maximum absolute atomic E-state index is 11.7. The van der Waals surface area contributed by atoms with Crippen LogP contribution >= 0.6 is 7.82 Å². The molecule has 26 heavy (non-hydrogen) atoms. The zero-order valence-corrected chi connectivity index (χ0v) is 14.9. The minimum Gasteiger partial charge on any atom is -0.449 e. The topological polar surface area (TPSA) is 131 Å². The summed E-state index contributed by atoms with van der Waals surface area (Å²) < 4.78 is 25.0. The molecule has 2 rings (SSSR count). The number of unbranched alkanes of at least 4 members (excludes halogenated alkanes) is 3. The number of nitrogens with zero attached hydrogens (tertiary/aromatic N) is 1. The smallest absolute Gasteiger partial charge is 0.449 e. The number of nitrogens with one attached hydrogen (secondary N) is 1. The molecular formula is C16H21N2O7P. The maximum Gasteiger partial charge on any atom is 0.469 e. The lowest BCUT2D eigenvalue weighted by Crippen LogP contribution is -2.14. The minimum absolute atomic E-state index is 0.00152. The number of phosphoric ester groups is 1. The molecule has 0 fully saturated rings. The molecule has 0 radical (unpaired) electrons. The lowest BCUT2D eigenvalue weighted by Gasteiger charge is -2.06. The van der Waals surface area contributed by atoms with Crippen molar-refractivity contribution in [1.29, 1.82) is 0 Å². The molecule has 0 unspecified atom stereocenters. The monoisotopic (exact) mass is 384 g/mol. The number of benzene rings is 1. The molecule has 0 atom stereocenters. The molecule has 1 amide bonds. The number of carbonyl (C=O) groups excluding carboxylic acids is 1. The van der Waals surface area contributed by atoms with E-state index in [2.05, 4.69) is 15.0 Å². The Morgan fingerprint density at radius 2 is 1.81 bits per heavy atom. The molecule has 142 valence electrons. The predicted octanol–water partition coefficient (Wildman–Crippen LogP) is 3.56. The van der Waals surface area contributed by atoms with Gasteiger partial charge in [-0.05, 0) is 19.3 Å². The summed E-state index contributed by atoms with van der Waals surface area (Å²) in [6, 6.07) is 11.0. The summed E-state index contributed by atoms with van der Waals surface area (Å²) in [4.78, 5) is 28.7. The number of anilines is 1. The number of ether oxygens (including phenoxy) is 1. The molecule has 1 heterocycles. The van der Waals surface area contributed by atoms with Gasteiger partial charge in [0.05, 0.1) is 13.2 Å². The van der Waals surface area contributed by atoms with E-state index in [1.165, 1.54) is 0 Å². The van der Waals surface area contributed by atoms with Crippen molar-refractivity contribution in [3.05, 3.63) is 36.4 Å². The predicted molar refractivity (Wildman–Crippen MR) is 93.4 cm³/mol. The first-order valence-corrected chi connectivity index (χ1v) is 9.63. The number of aromatic nitrogens is 1. The molecule has 1 aromatic carbocycles. The molecule has 0 saturated carbocycles.